The molecule has 0 aromatic heterocycles. The molecule has 0 spiro atoms. The Balaban J connectivity index is 2.00. The fourth-order valence-corrected chi connectivity index (χ4v) is 5.37. The second-order valence-corrected chi connectivity index (χ2v) is 10.2. The highest BCUT2D eigenvalue weighted by molar-refractivity contribution is 7.98. The standard InChI is InChI=1S/C22H28N2O3S2/c1-15(2)18-9-7-8-16(3)21(18)23-29(26,27)17-10-11-20(28-4)19(14-17)22(25)24-12-5-6-13-24/h7-11,14-15,23H,5-6,12-13H2,1-4H3. The van der Waals surface area contributed by atoms with Crippen LogP contribution in [0.2, 0.25) is 0 Å². The Morgan fingerprint density at radius 2 is 1.83 bits per heavy atom. The van der Waals surface area contributed by atoms with Gasteiger partial charge in [0.15, 0.2) is 0 Å². The van der Waals surface area contributed by atoms with Crippen LogP contribution in [0, 0.1) is 6.92 Å². The van der Waals surface area contributed by atoms with Gasteiger partial charge in [-0.25, -0.2) is 8.42 Å². The van der Waals surface area contributed by atoms with Crippen LogP contribution in [0.15, 0.2) is 46.2 Å². The number of anilines is 1. The van der Waals surface area contributed by atoms with Gasteiger partial charge in [0.05, 0.1) is 16.1 Å². The van der Waals surface area contributed by atoms with Crippen molar-refractivity contribution in [1.29, 1.82) is 0 Å². The second kappa shape index (κ2) is 8.79. The highest BCUT2D eigenvalue weighted by atomic mass is 32.2. The number of amides is 1. The molecule has 1 fully saturated rings. The number of likely N-dealkylation sites (tertiary alicyclic amines) is 1. The number of sulfonamides is 1. The summed E-state index contributed by atoms with van der Waals surface area (Å²) in [6.07, 6.45) is 3.88. The molecule has 156 valence electrons. The Kier molecular flexibility index (Phi) is 6.58. The van der Waals surface area contributed by atoms with Gasteiger partial charge >= 0.3 is 0 Å². The maximum atomic E-state index is 13.2. The van der Waals surface area contributed by atoms with Crippen LogP contribution in [0.5, 0.6) is 0 Å². The van der Waals surface area contributed by atoms with Crippen LogP contribution >= 0.6 is 11.8 Å². The minimum absolute atomic E-state index is 0.0948. The van der Waals surface area contributed by atoms with Crippen LogP contribution < -0.4 is 4.72 Å². The number of hydrogen-bond acceptors (Lipinski definition) is 4. The van der Waals surface area contributed by atoms with E-state index in [1.54, 1.807) is 17.0 Å². The molecule has 1 heterocycles. The molecule has 1 aliphatic heterocycles. The Bertz CT molecular complexity index is 1010. The van der Waals surface area contributed by atoms with Crippen molar-refractivity contribution in [1.82, 2.24) is 4.90 Å². The molecule has 2 aromatic rings. The molecule has 1 aliphatic rings. The number of nitrogens with zero attached hydrogens (tertiary/aromatic N) is 1. The lowest BCUT2D eigenvalue weighted by Crippen LogP contribution is -2.28. The molecule has 1 N–H and O–H groups in total. The largest absolute Gasteiger partial charge is 0.339 e. The van der Waals surface area contributed by atoms with E-state index in [-0.39, 0.29) is 16.7 Å². The average molecular weight is 433 g/mol. The Hall–Kier alpha value is -1.99. The summed E-state index contributed by atoms with van der Waals surface area (Å²) in [6.45, 7) is 7.41. The van der Waals surface area contributed by atoms with Crippen LogP contribution in [0.3, 0.4) is 0 Å². The number of para-hydroxylation sites is 1. The summed E-state index contributed by atoms with van der Waals surface area (Å²) in [7, 11) is -3.83. The number of nitrogens with one attached hydrogen (secondary N) is 1. The molecular weight excluding hydrogens is 404 g/mol. The van der Waals surface area contributed by atoms with Crippen molar-refractivity contribution in [3.8, 4) is 0 Å². The molecule has 5 nitrogen and oxygen atoms in total. The van der Waals surface area contributed by atoms with E-state index >= 15 is 0 Å². The summed E-state index contributed by atoms with van der Waals surface area (Å²) in [5.74, 6) is 0.0847. The summed E-state index contributed by atoms with van der Waals surface area (Å²) >= 11 is 1.45. The number of aryl methyl sites for hydroxylation is 1. The Labute approximate surface area is 177 Å². The zero-order valence-electron chi connectivity index (χ0n) is 17.4. The summed E-state index contributed by atoms with van der Waals surface area (Å²) in [6, 6.07) is 10.6. The van der Waals surface area contributed by atoms with Crippen molar-refractivity contribution in [2.75, 3.05) is 24.1 Å². The van der Waals surface area contributed by atoms with Gasteiger partial charge in [-0.2, -0.15) is 0 Å². The Morgan fingerprint density at radius 1 is 1.14 bits per heavy atom. The lowest BCUT2D eigenvalue weighted by Gasteiger charge is -2.19. The van der Waals surface area contributed by atoms with Crippen LogP contribution in [0.25, 0.3) is 0 Å². The first-order chi connectivity index (χ1) is 13.7. The van der Waals surface area contributed by atoms with E-state index in [0.717, 1.165) is 42.0 Å². The van der Waals surface area contributed by atoms with E-state index in [2.05, 4.69) is 4.72 Å². The fourth-order valence-electron chi connectivity index (χ4n) is 3.62. The van der Waals surface area contributed by atoms with Crippen LogP contribution in [0.1, 0.15) is 54.1 Å². The van der Waals surface area contributed by atoms with Gasteiger partial charge in [0.25, 0.3) is 15.9 Å². The number of rotatable bonds is 6. The number of benzene rings is 2. The first-order valence-corrected chi connectivity index (χ1v) is 12.5. The number of carbonyl (C=O) groups excluding carboxylic acids is 1. The molecule has 0 atom stereocenters. The van der Waals surface area contributed by atoms with Gasteiger partial charge in [0.2, 0.25) is 0 Å². The molecule has 0 radical (unpaired) electrons. The minimum atomic E-state index is -3.83. The third-order valence-corrected chi connectivity index (χ3v) is 7.41. The lowest BCUT2D eigenvalue weighted by atomic mass is 9.99. The molecule has 0 unspecified atom stereocenters. The van der Waals surface area contributed by atoms with Crippen molar-refractivity contribution < 1.29 is 13.2 Å². The van der Waals surface area contributed by atoms with Crippen molar-refractivity contribution in [3.05, 3.63) is 53.1 Å². The van der Waals surface area contributed by atoms with Crippen molar-refractivity contribution in [2.45, 2.75) is 49.3 Å². The second-order valence-electron chi connectivity index (χ2n) is 7.66. The predicted molar refractivity (Wildman–Crippen MR) is 119 cm³/mol. The SMILES string of the molecule is CSc1ccc(S(=O)(=O)Nc2c(C)cccc2C(C)C)cc1C(=O)N1CCCC1. The van der Waals surface area contributed by atoms with Gasteiger partial charge in [0, 0.05) is 18.0 Å². The number of thioether (sulfide) groups is 1. The summed E-state index contributed by atoms with van der Waals surface area (Å²) in [5.41, 5.74) is 2.89. The number of carbonyl (C=O) groups is 1. The van der Waals surface area contributed by atoms with Gasteiger partial charge in [-0.05, 0) is 61.3 Å². The molecule has 1 saturated heterocycles. The van der Waals surface area contributed by atoms with Gasteiger partial charge in [-0.1, -0.05) is 32.0 Å². The van der Waals surface area contributed by atoms with E-state index in [1.807, 2.05) is 45.2 Å². The van der Waals surface area contributed by atoms with E-state index in [1.165, 1.54) is 17.8 Å². The lowest BCUT2D eigenvalue weighted by molar-refractivity contribution is 0.0789. The topological polar surface area (TPSA) is 66.5 Å². The smallest absolute Gasteiger partial charge is 0.261 e. The third kappa shape index (κ3) is 4.61. The van der Waals surface area contributed by atoms with Gasteiger partial charge in [-0.3, -0.25) is 9.52 Å². The summed E-state index contributed by atoms with van der Waals surface area (Å²) in [5, 5.41) is 0. The van der Waals surface area contributed by atoms with E-state index < -0.39 is 10.0 Å². The van der Waals surface area contributed by atoms with Gasteiger partial charge < -0.3 is 4.90 Å². The fraction of sp³-hybridized carbons (Fsp3) is 0.409. The normalized spacial score (nSPS) is 14.4. The zero-order chi connectivity index (χ0) is 21.2. The molecular formula is C22H28N2O3S2. The van der Waals surface area contributed by atoms with Gasteiger partial charge in [0.1, 0.15) is 0 Å². The van der Waals surface area contributed by atoms with Crippen molar-refractivity contribution in [2.24, 2.45) is 0 Å². The molecule has 0 aliphatic carbocycles. The molecule has 1 amide bonds. The predicted octanol–water partition coefficient (Wildman–Crippen LogP) is 4.88. The highest BCUT2D eigenvalue weighted by Gasteiger charge is 2.25. The summed E-state index contributed by atoms with van der Waals surface area (Å²) in [4.78, 5) is 15.7. The summed E-state index contributed by atoms with van der Waals surface area (Å²) < 4.78 is 29.1. The zero-order valence-corrected chi connectivity index (χ0v) is 19.0. The highest BCUT2D eigenvalue weighted by Crippen LogP contribution is 2.31. The van der Waals surface area contributed by atoms with E-state index in [9.17, 15) is 13.2 Å². The first kappa shape index (κ1) is 21.7. The van der Waals surface area contributed by atoms with Crippen molar-refractivity contribution in [3.63, 3.8) is 0 Å². The molecule has 3 rings (SSSR count). The maximum absolute atomic E-state index is 13.2. The van der Waals surface area contributed by atoms with Crippen molar-refractivity contribution >= 4 is 33.4 Å². The first-order valence-electron chi connectivity index (χ1n) is 9.84. The van der Waals surface area contributed by atoms with Crippen LogP contribution in [-0.2, 0) is 10.0 Å². The van der Waals surface area contributed by atoms with Gasteiger partial charge in [-0.15, -0.1) is 11.8 Å². The van der Waals surface area contributed by atoms with Crippen LogP contribution in [0.4, 0.5) is 5.69 Å². The molecule has 0 saturated carbocycles. The minimum Gasteiger partial charge on any atom is -0.339 e. The quantitative estimate of drug-likeness (QED) is 0.661. The average Bonchev–Trinajstić information content (AvgIpc) is 3.23. The maximum Gasteiger partial charge on any atom is 0.261 e. The van der Waals surface area contributed by atoms with E-state index in [4.69, 9.17) is 0 Å². The monoisotopic (exact) mass is 432 g/mol. The Morgan fingerprint density at radius 3 is 2.45 bits per heavy atom. The molecule has 29 heavy (non-hydrogen) atoms. The number of hydrogen-bond donors (Lipinski definition) is 1. The van der Waals surface area contributed by atoms with Crippen LogP contribution in [-0.4, -0.2) is 38.6 Å². The molecule has 2 aromatic carbocycles. The molecule has 0 bridgehead atoms. The van der Waals surface area contributed by atoms with E-state index in [0.29, 0.717) is 11.3 Å². The third-order valence-electron chi connectivity index (χ3n) is 5.27. The molecule has 7 heteroatoms.